The molecule has 2 amide bonds. The number of hydrogen-bond acceptors (Lipinski definition) is 3. The Balaban J connectivity index is 2.52. The van der Waals surface area contributed by atoms with Crippen molar-refractivity contribution in [2.45, 2.75) is 45.8 Å². The van der Waals surface area contributed by atoms with E-state index in [9.17, 15) is 14.0 Å². The minimum Gasteiger partial charge on any atom is -0.444 e. The van der Waals surface area contributed by atoms with Gasteiger partial charge in [-0.3, -0.25) is 4.79 Å². The highest BCUT2D eigenvalue weighted by Gasteiger charge is 2.25. The van der Waals surface area contributed by atoms with E-state index in [2.05, 4.69) is 10.6 Å². The molecule has 0 radical (unpaired) electrons. The molecule has 1 aromatic carbocycles. The summed E-state index contributed by atoms with van der Waals surface area (Å²) in [6.45, 7) is 9.06. The number of carbonyl (C=O) groups excluding carboxylic acids is 2. The third-order valence-electron chi connectivity index (χ3n) is 2.64. The van der Waals surface area contributed by atoms with Crippen LogP contribution in [0.1, 0.15) is 45.0 Å². The van der Waals surface area contributed by atoms with Crippen molar-refractivity contribution in [2.24, 2.45) is 0 Å². The molecule has 5 nitrogen and oxygen atoms in total. The summed E-state index contributed by atoms with van der Waals surface area (Å²) in [4.78, 5) is 23.7. The first-order valence-corrected chi connectivity index (χ1v) is 7.03. The van der Waals surface area contributed by atoms with Gasteiger partial charge in [0, 0.05) is 12.1 Å². The minimum absolute atomic E-state index is 0.211. The molecule has 0 atom stereocenters. The Kier molecular flexibility index (Phi) is 5.52. The van der Waals surface area contributed by atoms with Crippen LogP contribution in [0.4, 0.5) is 9.18 Å². The lowest BCUT2D eigenvalue weighted by Crippen LogP contribution is -2.52. The van der Waals surface area contributed by atoms with Gasteiger partial charge in [-0.15, -0.1) is 0 Å². The van der Waals surface area contributed by atoms with Crippen LogP contribution >= 0.6 is 0 Å². The van der Waals surface area contributed by atoms with Crippen LogP contribution in [0.15, 0.2) is 24.3 Å². The average molecular weight is 310 g/mol. The third kappa shape index (κ3) is 6.56. The zero-order chi connectivity index (χ0) is 17.0. The van der Waals surface area contributed by atoms with Gasteiger partial charge in [-0.2, -0.15) is 0 Å². The Hall–Kier alpha value is -2.11. The first-order valence-electron chi connectivity index (χ1n) is 7.03. The predicted molar refractivity (Wildman–Crippen MR) is 82.2 cm³/mol. The Morgan fingerprint density at radius 2 is 1.64 bits per heavy atom. The maximum Gasteiger partial charge on any atom is 0.408 e. The predicted octanol–water partition coefficient (Wildman–Crippen LogP) is 2.86. The van der Waals surface area contributed by atoms with Gasteiger partial charge >= 0.3 is 6.09 Å². The highest BCUT2D eigenvalue weighted by Crippen LogP contribution is 2.09. The molecule has 6 heteroatoms. The monoisotopic (exact) mass is 310 g/mol. The van der Waals surface area contributed by atoms with E-state index < -0.39 is 23.1 Å². The molecule has 0 bridgehead atoms. The lowest BCUT2D eigenvalue weighted by Gasteiger charge is -2.28. The molecule has 0 aliphatic rings. The van der Waals surface area contributed by atoms with Crippen molar-refractivity contribution in [3.63, 3.8) is 0 Å². The zero-order valence-corrected chi connectivity index (χ0v) is 13.6. The molecule has 0 aliphatic carbocycles. The SMILES string of the molecule is CC(C)(CNC(=O)c1ccc(F)cc1)NC(=O)OC(C)(C)C. The van der Waals surface area contributed by atoms with Crippen molar-refractivity contribution in [3.05, 3.63) is 35.6 Å². The summed E-state index contributed by atoms with van der Waals surface area (Å²) in [5.41, 5.74) is -0.912. The largest absolute Gasteiger partial charge is 0.444 e. The normalized spacial score (nSPS) is 11.7. The molecule has 0 unspecified atom stereocenters. The maximum absolute atomic E-state index is 12.8. The second-order valence-electron chi connectivity index (χ2n) is 6.70. The number of carbonyl (C=O) groups is 2. The summed E-state index contributed by atoms with van der Waals surface area (Å²) < 4.78 is 18.0. The van der Waals surface area contributed by atoms with E-state index in [-0.39, 0.29) is 12.5 Å². The summed E-state index contributed by atoms with van der Waals surface area (Å²) in [5.74, 6) is -0.734. The van der Waals surface area contributed by atoms with E-state index >= 15 is 0 Å². The van der Waals surface area contributed by atoms with Crippen molar-refractivity contribution < 1.29 is 18.7 Å². The van der Waals surface area contributed by atoms with Gasteiger partial charge in [-0.05, 0) is 58.9 Å². The summed E-state index contributed by atoms with van der Waals surface area (Å²) >= 11 is 0. The first kappa shape index (κ1) is 17.9. The molecule has 0 spiro atoms. The molecule has 0 aliphatic heterocycles. The van der Waals surface area contributed by atoms with Crippen LogP contribution in [0.25, 0.3) is 0 Å². The van der Waals surface area contributed by atoms with Gasteiger partial charge in [-0.25, -0.2) is 9.18 Å². The molecule has 1 aromatic rings. The fourth-order valence-electron chi connectivity index (χ4n) is 1.63. The van der Waals surface area contributed by atoms with Crippen LogP contribution in [0.2, 0.25) is 0 Å². The van der Waals surface area contributed by atoms with Crippen LogP contribution in [-0.4, -0.2) is 29.7 Å². The number of amides is 2. The van der Waals surface area contributed by atoms with Crippen molar-refractivity contribution in [1.82, 2.24) is 10.6 Å². The van der Waals surface area contributed by atoms with Crippen LogP contribution in [0, 0.1) is 5.82 Å². The van der Waals surface area contributed by atoms with Crippen LogP contribution in [0.5, 0.6) is 0 Å². The molecule has 0 saturated carbocycles. The van der Waals surface area contributed by atoms with Gasteiger partial charge in [0.05, 0.1) is 5.54 Å². The van der Waals surface area contributed by atoms with E-state index in [1.807, 2.05) is 0 Å². The van der Waals surface area contributed by atoms with Crippen LogP contribution in [0.3, 0.4) is 0 Å². The fourth-order valence-corrected chi connectivity index (χ4v) is 1.63. The number of hydrogen-bond donors (Lipinski definition) is 2. The van der Waals surface area contributed by atoms with Gasteiger partial charge in [0.1, 0.15) is 11.4 Å². The third-order valence-corrected chi connectivity index (χ3v) is 2.64. The molecular formula is C16H23FN2O3. The van der Waals surface area contributed by atoms with E-state index in [4.69, 9.17) is 4.74 Å². The summed E-state index contributed by atoms with van der Waals surface area (Å²) in [7, 11) is 0. The molecule has 122 valence electrons. The quantitative estimate of drug-likeness (QED) is 0.898. The molecule has 1 rings (SSSR count). The Labute approximate surface area is 130 Å². The van der Waals surface area contributed by atoms with Gasteiger partial charge in [0.25, 0.3) is 5.91 Å². The van der Waals surface area contributed by atoms with Crippen molar-refractivity contribution in [1.29, 1.82) is 0 Å². The maximum atomic E-state index is 12.8. The summed E-state index contributed by atoms with van der Waals surface area (Å²) in [6.07, 6.45) is -0.548. The van der Waals surface area contributed by atoms with Crippen molar-refractivity contribution in [3.8, 4) is 0 Å². The number of rotatable bonds is 4. The highest BCUT2D eigenvalue weighted by molar-refractivity contribution is 5.94. The van der Waals surface area contributed by atoms with E-state index in [0.29, 0.717) is 5.56 Å². The van der Waals surface area contributed by atoms with Crippen LogP contribution < -0.4 is 10.6 Å². The molecule has 0 aromatic heterocycles. The summed E-state index contributed by atoms with van der Waals surface area (Å²) in [6, 6.07) is 5.25. The van der Waals surface area contributed by atoms with Gasteiger partial charge in [-0.1, -0.05) is 0 Å². The molecular weight excluding hydrogens is 287 g/mol. The van der Waals surface area contributed by atoms with Crippen molar-refractivity contribution in [2.75, 3.05) is 6.54 Å². The number of alkyl carbamates (subject to hydrolysis) is 1. The second-order valence-corrected chi connectivity index (χ2v) is 6.70. The highest BCUT2D eigenvalue weighted by atomic mass is 19.1. The molecule has 0 fully saturated rings. The molecule has 0 heterocycles. The van der Waals surface area contributed by atoms with Crippen molar-refractivity contribution >= 4 is 12.0 Å². The number of benzene rings is 1. The van der Waals surface area contributed by atoms with Gasteiger partial charge in [0.2, 0.25) is 0 Å². The topological polar surface area (TPSA) is 67.4 Å². The summed E-state index contributed by atoms with van der Waals surface area (Å²) in [5, 5.41) is 5.39. The zero-order valence-electron chi connectivity index (χ0n) is 13.6. The van der Waals surface area contributed by atoms with E-state index in [1.54, 1.807) is 34.6 Å². The molecule has 0 saturated heterocycles. The Morgan fingerprint density at radius 3 is 2.14 bits per heavy atom. The van der Waals surface area contributed by atoms with E-state index in [1.165, 1.54) is 24.3 Å². The lowest BCUT2D eigenvalue weighted by molar-refractivity contribution is 0.0469. The Morgan fingerprint density at radius 1 is 1.09 bits per heavy atom. The first-order chi connectivity index (χ1) is 9.98. The number of ether oxygens (including phenoxy) is 1. The minimum atomic E-state index is -0.683. The number of halogens is 1. The van der Waals surface area contributed by atoms with Gasteiger partial charge < -0.3 is 15.4 Å². The lowest BCUT2D eigenvalue weighted by atomic mass is 10.1. The average Bonchev–Trinajstić information content (AvgIpc) is 2.33. The number of nitrogens with one attached hydrogen (secondary N) is 2. The molecule has 22 heavy (non-hydrogen) atoms. The van der Waals surface area contributed by atoms with Gasteiger partial charge in [0.15, 0.2) is 0 Å². The smallest absolute Gasteiger partial charge is 0.408 e. The Bertz CT molecular complexity index is 533. The second kappa shape index (κ2) is 6.77. The molecule has 2 N–H and O–H groups in total. The van der Waals surface area contributed by atoms with E-state index in [0.717, 1.165) is 0 Å². The van der Waals surface area contributed by atoms with Crippen LogP contribution in [-0.2, 0) is 4.74 Å². The fraction of sp³-hybridized carbons (Fsp3) is 0.500. The standard InChI is InChI=1S/C16H23FN2O3/c1-15(2,3)22-14(21)19-16(4,5)10-18-13(20)11-6-8-12(17)9-7-11/h6-9H,10H2,1-5H3,(H,18,20)(H,19,21).